The summed E-state index contributed by atoms with van der Waals surface area (Å²) in [7, 11) is 0. The van der Waals surface area contributed by atoms with E-state index >= 15 is 0 Å². The van der Waals surface area contributed by atoms with Gasteiger partial charge in [-0.05, 0) is 37.3 Å². The molecule has 0 aliphatic rings. The quantitative estimate of drug-likeness (QED) is 0.581. The molecule has 4 heteroatoms. The average Bonchev–Trinajstić information content (AvgIpc) is 2.53. The molecule has 2 heterocycles. The lowest BCUT2D eigenvalue weighted by atomic mass is 10.2. The molecule has 0 aliphatic heterocycles. The fraction of sp³-hybridized carbons (Fsp3) is 0.0625. The number of aromatic nitrogens is 2. The second kappa shape index (κ2) is 5.48. The molecular formula is C16H14N4. The first kappa shape index (κ1) is 12.3. The lowest BCUT2D eigenvalue weighted by molar-refractivity contribution is 1.24. The van der Waals surface area contributed by atoms with E-state index in [0.29, 0.717) is 0 Å². The second-order valence-corrected chi connectivity index (χ2v) is 4.43. The third-order valence-corrected chi connectivity index (χ3v) is 3.03. The van der Waals surface area contributed by atoms with Gasteiger partial charge < -0.3 is 0 Å². The van der Waals surface area contributed by atoms with E-state index in [2.05, 4.69) is 20.5 Å². The van der Waals surface area contributed by atoms with Gasteiger partial charge in [-0.15, -0.1) is 0 Å². The molecule has 0 atom stereocenters. The van der Waals surface area contributed by atoms with Crippen LogP contribution in [-0.2, 0) is 0 Å². The molecule has 2 aromatic heterocycles. The third kappa shape index (κ3) is 2.64. The molecule has 0 fully saturated rings. The number of hydrazone groups is 1. The predicted molar refractivity (Wildman–Crippen MR) is 81.8 cm³/mol. The smallest absolute Gasteiger partial charge is 0.146 e. The number of pyridine rings is 2. The molecule has 20 heavy (non-hydrogen) atoms. The molecule has 3 aromatic rings. The molecule has 0 saturated heterocycles. The molecule has 1 N–H and O–H groups in total. The first-order valence-corrected chi connectivity index (χ1v) is 6.39. The van der Waals surface area contributed by atoms with Crippen molar-refractivity contribution in [2.45, 2.75) is 6.92 Å². The van der Waals surface area contributed by atoms with Gasteiger partial charge in [0.25, 0.3) is 0 Å². The standard InChI is InChI=1S/C16H14N4/c1-12(13-8-10-17-11-9-13)19-20-16-7-6-14-4-2-3-5-15(14)18-16/h2-11H,1H3,(H,18,20)/b19-12+. The molecule has 0 aliphatic carbocycles. The summed E-state index contributed by atoms with van der Waals surface area (Å²) in [6.07, 6.45) is 3.51. The summed E-state index contributed by atoms with van der Waals surface area (Å²) >= 11 is 0. The van der Waals surface area contributed by atoms with Crippen molar-refractivity contribution in [3.8, 4) is 0 Å². The van der Waals surface area contributed by atoms with Gasteiger partial charge in [-0.1, -0.05) is 18.2 Å². The normalized spacial score (nSPS) is 11.6. The van der Waals surface area contributed by atoms with Crippen LogP contribution < -0.4 is 5.43 Å². The Balaban J connectivity index is 1.83. The van der Waals surface area contributed by atoms with Crippen LogP contribution in [-0.4, -0.2) is 15.7 Å². The fourth-order valence-corrected chi connectivity index (χ4v) is 1.93. The Hall–Kier alpha value is -2.75. The molecule has 0 saturated carbocycles. The Kier molecular flexibility index (Phi) is 3.37. The van der Waals surface area contributed by atoms with Crippen LogP contribution in [0.15, 0.2) is 66.0 Å². The SMILES string of the molecule is C/C(=N\Nc1ccc2ccccc2n1)c1ccncc1. The average molecular weight is 262 g/mol. The molecular weight excluding hydrogens is 248 g/mol. The highest BCUT2D eigenvalue weighted by molar-refractivity contribution is 5.98. The maximum atomic E-state index is 4.51. The van der Waals surface area contributed by atoms with Gasteiger partial charge in [-0.2, -0.15) is 5.10 Å². The summed E-state index contributed by atoms with van der Waals surface area (Å²) in [5.41, 5.74) is 5.87. The summed E-state index contributed by atoms with van der Waals surface area (Å²) < 4.78 is 0. The van der Waals surface area contributed by atoms with Crippen molar-refractivity contribution in [1.82, 2.24) is 9.97 Å². The number of nitrogens with zero attached hydrogens (tertiary/aromatic N) is 3. The van der Waals surface area contributed by atoms with E-state index in [4.69, 9.17) is 0 Å². The Labute approximate surface area is 117 Å². The minimum Gasteiger partial charge on any atom is -0.265 e. The first-order chi connectivity index (χ1) is 9.83. The highest BCUT2D eigenvalue weighted by Crippen LogP contribution is 2.14. The van der Waals surface area contributed by atoms with Gasteiger partial charge in [-0.3, -0.25) is 10.4 Å². The van der Waals surface area contributed by atoms with E-state index in [0.717, 1.165) is 28.0 Å². The van der Waals surface area contributed by atoms with E-state index in [1.165, 1.54) is 0 Å². The van der Waals surface area contributed by atoms with Crippen LogP contribution in [0.4, 0.5) is 5.82 Å². The van der Waals surface area contributed by atoms with Gasteiger partial charge in [0.1, 0.15) is 5.82 Å². The van der Waals surface area contributed by atoms with Gasteiger partial charge in [0.15, 0.2) is 0 Å². The molecule has 0 radical (unpaired) electrons. The van der Waals surface area contributed by atoms with Gasteiger partial charge in [-0.25, -0.2) is 4.98 Å². The van der Waals surface area contributed by atoms with Gasteiger partial charge >= 0.3 is 0 Å². The second-order valence-electron chi connectivity index (χ2n) is 4.43. The first-order valence-electron chi connectivity index (χ1n) is 6.39. The topological polar surface area (TPSA) is 50.2 Å². The maximum absolute atomic E-state index is 4.51. The Morgan fingerprint density at radius 3 is 2.65 bits per heavy atom. The van der Waals surface area contributed by atoms with Crippen molar-refractivity contribution in [3.63, 3.8) is 0 Å². The summed E-state index contributed by atoms with van der Waals surface area (Å²) in [6, 6.07) is 15.8. The summed E-state index contributed by atoms with van der Waals surface area (Å²) in [5, 5.41) is 5.47. The minimum absolute atomic E-state index is 0.733. The lowest BCUT2D eigenvalue weighted by Crippen LogP contribution is -2.00. The number of fused-ring (bicyclic) bond motifs is 1. The van der Waals surface area contributed by atoms with Gasteiger partial charge in [0.05, 0.1) is 11.2 Å². The van der Waals surface area contributed by atoms with Crippen molar-refractivity contribution in [1.29, 1.82) is 0 Å². The van der Waals surface area contributed by atoms with Crippen molar-refractivity contribution in [2.24, 2.45) is 5.10 Å². The van der Waals surface area contributed by atoms with Gasteiger partial charge in [0, 0.05) is 23.3 Å². The third-order valence-electron chi connectivity index (χ3n) is 3.03. The summed E-state index contributed by atoms with van der Waals surface area (Å²) in [6.45, 7) is 1.95. The lowest BCUT2D eigenvalue weighted by Gasteiger charge is -2.04. The Bertz CT molecular complexity index is 751. The minimum atomic E-state index is 0.733. The Morgan fingerprint density at radius 2 is 1.80 bits per heavy atom. The van der Waals surface area contributed by atoms with Crippen molar-refractivity contribution >= 4 is 22.4 Å². The molecule has 0 amide bonds. The fourth-order valence-electron chi connectivity index (χ4n) is 1.93. The van der Waals surface area contributed by atoms with Crippen LogP contribution in [0.3, 0.4) is 0 Å². The number of nitrogens with one attached hydrogen (secondary N) is 1. The summed E-state index contributed by atoms with van der Waals surface area (Å²) in [5.74, 6) is 0.733. The highest BCUT2D eigenvalue weighted by Gasteiger charge is 1.98. The van der Waals surface area contributed by atoms with E-state index in [1.54, 1.807) is 12.4 Å². The van der Waals surface area contributed by atoms with Crippen LogP contribution in [0, 0.1) is 0 Å². The zero-order chi connectivity index (χ0) is 13.8. The molecule has 98 valence electrons. The number of hydrogen-bond acceptors (Lipinski definition) is 4. The van der Waals surface area contributed by atoms with Crippen LogP contribution in [0.25, 0.3) is 10.9 Å². The molecule has 1 aromatic carbocycles. The zero-order valence-corrected chi connectivity index (χ0v) is 11.1. The monoisotopic (exact) mass is 262 g/mol. The predicted octanol–water partition coefficient (Wildman–Crippen LogP) is 3.47. The number of para-hydroxylation sites is 1. The molecule has 0 unspecified atom stereocenters. The molecule has 4 nitrogen and oxygen atoms in total. The molecule has 3 rings (SSSR count). The number of benzene rings is 1. The van der Waals surface area contributed by atoms with Crippen LogP contribution in [0.5, 0.6) is 0 Å². The molecule has 0 spiro atoms. The van der Waals surface area contributed by atoms with Crippen LogP contribution in [0.1, 0.15) is 12.5 Å². The maximum Gasteiger partial charge on any atom is 0.146 e. The Morgan fingerprint density at radius 1 is 1.00 bits per heavy atom. The number of hydrogen-bond donors (Lipinski definition) is 1. The zero-order valence-electron chi connectivity index (χ0n) is 11.1. The summed E-state index contributed by atoms with van der Waals surface area (Å²) in [4.78, 5) is 8.50. The largest absolute Gasteiger partial charge is 0.265 e. The number of anilines is 1. The van der Waals surface area contributed by atoms with Crippen molar-refractivity contribution in [3.05, 3.63) is 66.5 Å². The van der Waals surface area contributed by atoms with E-state index in [9.17, 15) is 0 Å². The van der Waals surface area contributed by atoms with E-state index in [-0.39, 0.29) is 0 Å². The van der Waals surface area contributed by atoms with E-state index in [1.807, 2.05) is 55.5 Å². The van der Waals surface area contributed by atoms with Gasteiger partial charge in [0.2, 0.25) is 0 Å². The highest BCUT2D eigenvalue weighted by atomic mass is 15.3. The van der Waals surface area contributed by atoms with Crippen molar-refractivity contribution < 1.29 is 0 Å². The molecule has 0 bridgehead atoms. The van der Waals surface area contributed by atoms with Crippen LogP contribution in [0.2, 0.25) is 0 Å². The van der Waals surface area contributed by atoms with E-state index < -0.39 is 0 Å². The van der Waals surface area contributed by atoms with Crippen LogP contribution >= 0.6 is 0 Å². The number of rotatable bonds is 3. The van der Waals surface area contributed by atoms with Crippen molar-refractivity contribution in [2.75, 3.05) is 5.43 Å².